The van der Waals surface area contributed by atoms with Crippen molar-refractivity contribution in [3.05, 3.63) is 57.9 Å². The molecule has 1 amide bonds. The lowest BCUT2D eigenvalue weighted by atomic mass is 9.96. The molecule has 0 fully saturated rings. The van der Waals surface area contributed by atoms with Gasteiger partial charge in [0.05, 0.1) is 6.54 Å². The highest BCUT2D eigenvalue weighted by atomic mass is 16.3. The summed E-state index contributed by atoms with van der Waals surface area (Å²) >= 11 is 0. The van der Waals surface area contributed by atoms with Gasteiger partial charge in [-0.15, -0.1) is 0 Å². The fraction of sp³-hybridized carbons (Fsp3) is 0.412. The van der Waals surface area contributed by atoms with Gasteiger partial charge in [0.25, 0.3) is 5.56 Å². The number of hydrogen-bond acceptors (Lipinski definition) is 4. The van der Waals surface area contributed by atoms with Crippen molar-refractivity contribution in [2.75, 3.05) is 6.54 Å². The van der Waals surface area contributed by atoms with Crippen molar-refractivity contribution in [3.8, 4) is 0 Å². The van der Waals surface area contributed by atoms with Crippen molar-refractivity contribution in [1.82, 2.24) is 9.88 Å². The van der Waals surface area contributed by atoms with Crippen molar-refractivity contribution in [3.63, 3.8) is 0 Å². The number of hydrogen-bond donors (Lipinski definition) is 2. The topological polar surface area (TPSA) is 84.5 Å². The van der Waals surface area contributed by atoms with E-state index in [1.807, 2.05) is 6.92 Å². The molecule has 2 aromatic heterocycles. The van der Waals surface area contributed by atoms with E-state index in [4.69, 9.17) is 4.42 Å². The van der Waals surface area contributed by atoms with Crippen molar-refractivity contribution < 1.29 is 14.3 Å². The average Bonchev–Trinajstić information content (AvgIpc) is 2.84. The van der Waals surface area contributed by atoms with Gasteiger partial charge in [0.2, 0.25) is 5.91 Å². The van der Waals surface area contributed by atoms with E-state index < -0.39 is 5.60 Å². The van der Waals surface area contributed by atoms with Gasteiger partial charge in [-0.25, -0.2) is 0 Å². The number of nitrogens with zero attached hydrogens (tertiary/aromatic N) is 1. The Morgan fingerprint density at radius 2 is 2.13 bits per heavy atom. The highest BCUT2D eigenvalue weighted by molar-refractivity contribution is 5.75. The molecule has 2 N–H and O–H groups in total. The second-order valence-electron chi connectivity index (χ2n) is 5.86. The van der Waals surface area contributed by atoms with Crippen LogP contribution in [0.5, 0.6) is 0 Å². The lowest BCUT2D eigenvalue weighted by molar-refractivity contribution is -0.122. The molecule has 1 atom stereocenters. The maximum Gasteiger partial charge on any atom is 0.250 e. The summed E-state index contributed by atoms with van der Waals surface area (Å²) in [7, 11) is 0. The molecule has 0 aliphatic rings. The highest BCUT2D eigenvalue weighted by Crippen LogP contribution is 2.26. The van der Waals surface area contributed by atoms with Crippen molar-refractivity contribution in [2.45, 2.75) is 39.3 Å². The standard InChI is InChI=1S/C17H22N2O4/c1-12-10-14(13(2)23-12)17(3,22)11-18-15(20)7-9-19-8-5-4-6-16(19)21/h4-6,8,10,22H,7,9,11H2,1-3H3,(H,18,20). The number of carbonyl (C=O) groups is 1. The zero-order valence-corrected chi connectivity index (χ0v) is 13.6. The predicted molar refractivity (Wildman–Crippen MR) is 86.1 cm³/mol. The molecule has 0 saturated carbocycles. The molecule has 0 aromatic carbocycles. The molecule has 6 nitrogen and oxygen atoms in total. The summed E-state index contributed by atoms with van der Waals surface area (Å²) in [6, 6.07) is 6.62. The van der Waals surface area contributed by atoms with Gasteiger partial charge in [0.15, 0.2) is 0 Å². The largest absolute Gasteiger partial charge is 0.466 e. The Hall–Kier alpha value is -2.34. The lowest BCUT2D eigenvalue weighted by Crippen LogP contribution is -2.39. The maximum atomic E-state index is 11.9. The van der Waals surface area contributed by atoms with E-state index in [1.165, 1.54) is 10.6 Å². The van der Waals surface area contributed by atoms with Crippen molar-refractivity contribution >= 4 is 5.91 Å². The Kier molecular flexibility index (Phi) is 5.05. The van der Waals surface area contributed by atoms with Gasteiger partial charge in [-0.05, 0) is 32.9 Å². The number of carbonyl (C=O) groups excluding carboxylic acids is 1. The van der Waals surface area contributed by atoms with E-state index in [0.29, 0.717) is 23.6 Å². The van der Waals surface area contributed by atoms with Crippen molar-refractivity contribution in [1.29, 1.82) is 0 Å². The number of nitrogens with one attached hydrogen (secondary N) is 1. The van der Waals surface area contributed by atoms with Gasteiger partial charge < -0.3 is 19.4 Å². The summed E-state index contributed by atoms with van der Waals surface area (Å²) < 4.78 is 6.89. The SMILES string of the molecule is Cc1cc(C(C)(O)CNC(=O)CCn2ccccc2=O)c(C)o1. The molecule has 1 unspecified atom stereocenters. The number of furan rings is 1. The average molecular weight is 318 g/mol. The van der Waals surface area contributed by atoms with Gasteiger partial charge in [-0.3, -0.25) is 9.59 Å². The minimum Gasteiger partial charge on any atom is -0.466 e. The van der Waals surface area contributed by atoms with Crippen LogP contribution < -0.4 is 10.9 Å². The molecule has 6 heteroatoms. The third-order valence-electron chi connectivity index (χ3n) is 3.73. The van der Waals surface area contributed by atoms with Crippen LogP contribution in [0.1, 0.15) is 30.4 Å². The van der Waals surface area contributed by atoms with E-state index in [-0.39, 0.29) is 24.4 Å². The predicted octanol–water partition coefficient (Wildman–Crippen LogP) is 1.47. The van der Waals surface area contributed by atoms with Crippen LogP contribution in [0, 0.1) is 13.8 Å². The third kappa shape index (κ3) is 4.32. The summed E-state index contributed by atoms with van der Waals surface area (Å²) in [6.07, 6.45) is 1.81. The summed E-state index contributed by atoms with van der Waals surface area (Å²) in [5.74, 6) is 1.13. The number of amides is 1. The zero-order chi connectivity index (χ0) is 17.0. The van der Waals surface area contributed by atoms with Gasteiger partial charge >= 0.3 is 0 Å². The van der Waals surface area contributed by atoms with Crippen molar-refractivity contribution in [2.24, 2.45) is 0 Å². The monoisotopic (exact) mass is 318 g/mol. The van der Waals surface area contributed by atoms with E-state index >= 15 is 0 Å². The van der Waals surface area contributed by atoms with Crippen LogP contribution in [0.15, 0.2) is 39.7 Å². The maximum absolute atomic E-state index is 11.9. The van der Waals surface area contributed by atoms with Crippen LogP contribution in [0.2, 0.25) is 0 Å². The quantitative estimate of drug-likeness (QED) is 0.845. The highest BCUT2D eigenvalue weighted by Gasteiger charge is 2.28. The molecule has 2 aromatic rings. The number of aromatic nitrogens is 1. The Morgan fingerprint density at radius 3 is 2.74 bits per heavy atom. The van der Waals surface area contributed by atoms with E-state index in [2.05, 4.69) is 5.32 Å². The van der Waals surface area contributed by atoms with Crippen LogP contribution in [0.4, 0.5) is 0 Å². The first-order chi connectivity index (χ1) is 10.8. The number of rotatable bonds is 6. The number of aryl methyl sites for hydroxylation is 3. The third-order valence-corrected chi connectivity index (χ3v) is 3.73. The fourth-order valence-electron chi connectivity index (χ4n) is 2.49. The molecule has 0 aliphatic heterocycles. The van der Waals surface area contributed by atoms with E-state index in [0.717, 1.165) is 0 Å². The summed E-state index contributed by atoms with van der Waals surface area (Å²) in [5, 5.41) is 13.2. The zero-order valence-electron chi connectivity index (χ0n) is 13.6. The Labute approximate surface area is 134 Å². The molecule has 0 saturated heterocycles. The molecule has 0 bridgehead atoms. The minimum atomic E-state index is -1.21. The van der Waals surface area contributed by atoms with Gasteiger partial charge in [-0.1, -0.05) is 6.07 Å². The van der Waals surface area contributed by atoms with E-state index in [9.17, 15) is 14.7 Å². The molecule has 23 heavy (non-hydrogen) atoms. The lowest BCUT2D eigenvalue weighted by Gasteiger charge is -2.23. The van der Waals surface area contributed by atoms with Gasteiger partial charge in [0, 0.05) is 30.8 Å². The number of aliphatic hydroxyl groups is 1. The number of pyridine rings is 1. The Balaban J connectivity index is 1.90. The smallest absolute Gasteiger partial charge is 0.250 e. The van der Waals surface area contributed by atoms with Gasteiger partial charge in [-0.2, -0.15) is 0 Å². The minimum absolute atomic E-state index is 0.0787. The first-order valence-electron chi connectivity index (χ1n) is 7.51. The first-order valence-corrected chi connectivity index (χ1v) is 7.51. The van der Waals surface area contributed by atoms with Crippen LogP contribution in [0.3, 0.4) is 0 Å². The second kappa shape index (κ2) is 6.83. The van der Waals surface area contributed by atoms with Crippen LogP contribution in [-0.4, -0.2) is 22.1 Å². The first kappa shape index (κ1) is 17.0. The molecule has 2 heterocycles. The van der Waals surface area contributed by atoms with Gasteiger partial charge in [0.1, 0.15) is 17.1 Å². The fourth-order valence-corrected chi connectivity index (χ4v) is 2.49. The Morgan fingerprint density at radius 1 is 1.39 bits per heavy atom. The molecule has 0 aliphatic carbocycles. The molecule has 2 rings (SSSR count). The molecular formula is C17H22N2O4. The molecule has 0 spiro atoms. The van der Waals surface area contributed by atoms with Crippen LogP contribution in [0.25, 0.3) is 0 Å². The van der Waals surface area contributed by atoms with E-state index in [1.54, 1.807) is 38.2 Å². The van der Waals surface area contributed by atoms with Crippen LogP contribution in [-0.2, 0) is 16.9 Å². The molecule has 0 radical (unpaired) electrons. The Bertz CT molecular complexity index is 743. The molecule has 124 valence electrons. The van der Waals surface area contributed by atoms with Crippen LogP contribution >= 0.6 is 0 Å². The normalized spacial score (nSPS) is 13.6. The summed E-state index contributed by atoms with van der Waals surface area (Å²) in [6.45, 7) is 5.60. The summed E-state index contributed by atoms with van der Waals surface area (Å²) in [4.78, 5) is 23.5. The summed E-state index contributed by atoms with van der Waals surface area (Å²) in [5.41, 5.74) is -0.687. The second-order valence-corrected chi connectivity index (χ2v) is 5.86. The molecular weight excluding hydrogens is 296 g/mol.